The van der Waals surface area contributed by atoms with Gasteiger partial charge in [0.25, 0.3) is 0 Å². The molecule has 0 atom stereocenters. The zero-order valence-electron chi connectivity index (χ0n) is 11.7. The Morgan fingerprint density at radius 2 is 1.77 bits per heavy atom. The minimum Gasteiger partial charge on any atom is -0.481 e. The van der Waals surface area contributed by atoms with Gasteiger partial charge in [0.2, 0.25) is 0 Å². The number of carbonyl (C=O) groups is 2. The van der Waals surface area contributed by atoms with Crippen LogP contribution in [0.1, 0.15) is 15.9 Å². The highest BCUT2D eigenvalue weighted by Crippen LogP contribution is 2.29. The van der Waals surface area contributed by atoms with Crippen molar-refractivity contribution in [2.75, 3.05) is 7.11 Å². The molecule has 114 valence electrons. The van der Waals surface area contributed by atoms with Gasteiger partial charge in [-0.1, -0.05) is 17.8 Å². The minimum atomic E-state index is -1.07. The Hall–Kier alpha value is -2.34. The van der Waals surface area contributed by atoms with E-state index in [0.29, 0.717) is 10.5 Å². The van der Waals surface area contributed by atoms with E-state index in [1.807, 2.05) is 0 Å². The summed E-state index contributed by atoms with van der Waals surface area (Å²) < 4.78 is 18.4. The van der Waals surface area contributed by atoms with Crippen LogP contribution in [0.2, 0.25) is 0 Å². The number of hydrogen-bond donors (Lipinski definition) is 1. The second kappa shape index (κ2) is 7.09. The smallest absolute Gasteiger partial charge is 0.337 e. The van der Waals surface area contributed by atoms with Gasteiger partial charge in [0.1, 0.15) is 5.82 Å². The molecule has 0 bridgehead atoms. The number of methoxy groups -OCH3 is 1. The Morgan fingerprint density at radius 3 is 2.32 bits per heavy atom. The molecule has 0 aliphatic rings. The molecular formula is C16H13FO4S. The van der Waals surface area contributed by atoms with Gasteiger partial charge in [-0.25, -0.2) is 9.18 Å². The monoisotopic (exact) mass is 320 g/mol. The molecule has 1 N–H and O–H groups in total. The molecule has 0 amide bonds. The molecule has 0 unspecified atom stereocenters. The quantitative estimate of drug-likeness (QED) is 0.856. The van der Waals surface area contributed by atoms with E-state index in [1.165, 1.54) is 31.0 Å². The molecule has 0 radical (unpaired) electrons. The maximum atomic E-state index is 13.8. The fraction of sp³-hybridized carbons (Fsp3) is 0.125. The highest BCUT2D eigenvalue weighted by atomic mass is 32.2. The predicted molar refractivity (Wildman–Crippen MR) is 79.6 cm³/mol. The molecular weight excluding hydrogens is 307 g/mol. The number of ether oxygens (including phenoxy) is 1. The molecule has 0 spiro atoms. The summed E-state index contributed by atoms with van der Waals surface area (Å²) in [5, 5.41) is 8.68. The summed E-state index contributed by atoms with van der Waals surface area (Å²) >= 11 is 1.32. The van der Waals surface area contributed by atoms with Crippen molar-refractivity contribution in [1.29, 1.82) is 0 Å². The van der Waals surface area contributed by atoms with Crippen molar-refractivity contribution in [3.05, 3.63) is 59.4 Å². The molecule has 0 heterocycles. The average Bonchev–Trinajstić information content (AvgIpc) is 2.49. The second-order valence-corrected chi connectivity index (χ2v) is 5.59. The van der Waals surface area contributed by atoms with Gasteiger partial charge in [0.05, 0.1) is 19.1 Å². The largest absolute Gasteiger partial charge is 0.481 e. The summed E-state index contributed by atoms with van der Waals surface area (Å²) in [5.74, 6) is -2.03. The lowest BCUT2D eigenvalue weighted by molar-refractivity contribution is -0.136. The Morgan fingerprint density at radius 1 is 1.14 bits per heavy atom. The standard InChI is InChI=1S/C16H13FO4S/c1-21-16(20)10-2-5-12(6-3-10)22-13-7-4-11(8-15(18)19)14(17)9-13/h2-7,9H,8H2,1H3,(H,18,19). The number of hydrogen-bond acceptors (Lipinski definition) is 4. The maximum Gasteiger partial charge on any atom is 0.337 e. The van der Waals surface area contributed by atoms with E-state index in [9.17, 15) is 14.0 Å². The van der Waals surface area contributed by atoms with Crippen molar-refractivity contribution in [2.24, 2.45) is 0 Å². The Balaban J connectivity index is 2.12. The summed E-state index contributed by atoms with van der Waals surface area (Å²) in [5.41, 5.74) is 0.590. The zero-order valence-corrected chi connectivity index (χ0v) is 12.5. The number of benzene rings is 2. The van der Waals surface area contributed by atoms with Crippen LogP contribution in [0, 0.1) is 5.82 Å². The predicted octanol–water partition coefficient (Wildman–Crippen LogP) is 3.39. The van der Waals surface area contributed by atoms with Crippen LogP contribution in [0.3, 0.4) is 0 Å². The van der Waals surface area contributed by atoms with E-state index in [1.54, 1.807) is 30.3 Å². The molecule has 4 nitrogen and oxygen atoms in total. The number of carbonyl (C=O) groups excluding carboxylic acids is 1. The van der Waals surface area contributed by atoms with E-state index >= 15 is 0 Å². The van der Waals surface area contributed by atoms with Crippen molar-refractivity contribution in [2.45, 2.75) is 16.2 Å². The second-order valence-electron chi connectivity index (χ2n) is 4.44. The summed E-state index contributed by atoms with van der Waals surface area (Å²) in [6.45, 7) is 0. The highest BCUT2D eigenvalue weighted by Gasteiger charge is 2.09. The van der Waals surface area contributed by atoms with Crippen LogP contribution in [0.15, 0.2) is 52.3 Å². The van der Waals surface area contributed by atoms with Crippen molar-refractivity contribution >= 4 is 23.7 Å². The third-order valence-electron chi connectivity index (χ3n) is 2.88. The lowest BCUT2D eigenvalue weighted by Gasteiger charge is -2.05. The lowest BCUT2D eigenvalue weighted by atomic mass is 10.1. The first kappa shape index (κ1) is 16.0. The molecule has 6 heteroatoms. The molecule has 0 aliphatic carbocycles. The van der Waals surface area contributed by atoms with Crippen molar-refractivity contribution < 1.29 is 23.8 Å². The molecule has 2 aromatic carbocycles. The first-order valence-electron chi connectivity index (χ1n) is 6.36. The third kappa shape index (κ3) is 4.08. The van der Waals surface area contributed by atoms with Gasteiger partial charge in [0, 0.05) is 9.79 Å². The average molecular weight is 320 g/mol. The summed E-state index contributed by atoms with van der Waals surface area (Å²) in [6.07, 6.45) is -0.343. The zero-order chi connectivity index (χ0) is 16.1. The van der Waals surface area contributed by atoms with Gasteiger partial charge >= 0.3 is 11.9 Å². The number of rotatable bonds is 5. The minimum absolute atomic E-state index is 0.151. The van der Waals surface area contributed by atoms with E-state index < -0.39 is 17.8 Å². The number of aliphatic carboxylic acids is 1. The van der Waals surface area contributed by atoms with Crippen LogP contribution in [0.25, 0.3) is 0 Å². The topological polar surface area (TPSA) is 63.6 Å². The molecule has 0 aliphatic heterocycles. The Labute approximate surface area is 130 Å². The highest BCUT2D eigenvalue weighted by molar-refractivity contribution is 7.99. The van der Waals surface area contributed by atoms with Crippen molar-refractivity contribution in [1.82, 2.24) is 0 Å². The van der Waals surface area contributed by atoms with E-state index in [-0.39, 0.29) is 12.0 Å². The van der Waals surface area contributed by atoms with E-state index in [0.717, 1.165) is 4.90 Å². The normalized spacial score (nSPS) is 10.3. The molecule has 2 aromatic rings. The SMILES string of the molecule is COC(=O)c1ccc(Sc2ccc(CC(=O)O)c(F)c2)cc1. The first-order chi connectivity index (χ1) is 10.5. The van der Waals surface area contributed by atoms with Gasteiger partial charge in [-0.15, -0.1) is 0 Å². The van der Waals surface area contributed by atoms with Gasteiger partial charge in [0.15, 0.2) is 0 Å². The molecule has 22 heavy (non-hydrogen) atoms. The lowest BCUT2D eigenvalue weighted by Crippen LogP contribution is -2.02. The van der Waals surface area contributed by atoms with Gasteiger partial charge in [-0.2, -0.15) is 0 Å². The van der Waals surface area contributed by atoms with Crippen molar-refractivity contribution in [3.8, 4) is 0 Å². The molecule has 0 saturated carbocycles. The van der Waals surface area contributed by atoms with Crippen molar-refractivity contribution in [3.63, 3.8) is 0 Å². The Kier molecular flexibility index (Phi) is 5.16. The summed E-state index contributed by atoms with van der Waals surface area (Å²) in [6, 6.07) is 11.2. The van der Waals surface area contributed by atoms with Crippen LogP contribution >= 0.6 is 11.8 Å². The molecule has 0 saturated heterocycles. The van der Waals surface area contributed by atoms with Gasteiger partial charge in [-0.05, 0) is 42.0 Å². The van der Waals surface area contributed by atoms with Crippen LogP contribution in [-0.2, 0) is 16.0 Å². The van der Waals surface area contributed by atoms with Gasteiger partial charge < -0.3 is 9.84 Å². The van der Waals surface area contributed by atoms with E-state index in [4.69, 9.17) is 5.11 Å². The van der Waals surface area contributed by atoms with Crippen LogP contribution in [-0.4, -0.2) is 24.2 Å². The number of esters is 1. The number of halogens is 1. The summed E-state index contributed by atoms with van der Waals surface area (Å²) in [7, 11) is 1.31. The van der Waals surface area contributed by atoms with E-state index in [2.05, 4.69) is 4.74 Å². The molecule has 0 aromatic heterocycles. The number of carboxylic acid groups (broad SMARTS) is 1. The van der Waals surface area contributed by atoms with Crippen LogP contribution in [0.4, 0.5) is 4.39 Å². The maximum absolute atomic E-state index is 13.8. The fourth-order valence-corrected chi connectivity index (χ4v) is 2.65. The Bertz CT molecular complexity index is 698. The fourth-order valence-electron chi connectivity index (χ4n) is 1.81. The summed E-state index contributed by atoms with van der Waals surface area (Å²) in [4.78, 5) is 23.4. The molecule has 2 rings (SSSR count). The first-order valence-corrected chi connectivity index (χ1v) is 7.17. The molecule has 0 fully saturated rings. The van der Waals surface area contributed by atoms with Crippen LogP contribution in [0.5, 0.6) is 0 Å². The number of carboxylic acids is 1. The van der Waals surface area contributed by atoms with Gasteiger partial charge in [-0.3, -0.25) is 4.79 Å². The third-order valence-corrected chi connectivity index (χ3v) is 3.87. The van der Waals surface area contributed by atoms with Crippen LogP contribution < -0.4 is 0 Å².